The van der Waals surface area contributed by atoms with Crippen molar-refractivity contribution in [2.24, 2.45) is 0 Å². The van der Waals surface area contributed by atoms with E-state index < -0.39 is 0 Å². The van der Waals surface area contributed by atoms with Gasteiger partial charge in [-0.25, -0.2) is 4.98 Å². The molecular weight excluding hydrogens is 278 g/mol. The minimum atomic E-state index is -0.225. The van der Waals surface area contributed by atoms with Gasteiger partial charge in [0.05, 0.1) is 0 Å². The van der Waals surface area contributed by atoms with Gasteiger partial charge >= 0.3 is 0 Å². The van der Waals surface area contributed by atoms with Crippen LogP contribution in [0.25, 0.3) is 0 Å². The average Bonchev–Trinajstić information content (AvgIpc) is 2.48. The van der Waals surface area contributed by atoms with Gasteiger partial charge in [-0.2, -0.15) is 0 Å². The maximum atomic E-state index is 12.4. The molecule has 0 bridgehead atoms. The fraction of sp³-hybridized carbons (Fsp3) is 0.235. The van der Waals surface area contributed by atoms with Gasteiger partial charge in [0.2, 0.25) is 5.91 Å². The third kappa shape index (κ3) is 3.69. The monoisotopic (exact) mass is 297 g/mol. The lowest BCUT2D eigenvalue weighted by Crippen LogP contribution is -2.15. The molecular formula is C17H19N3O2. The molecule has 2 amide bonds. The second kappa shape index (κ2) is 6.85. The predicted octanol–water partition coefficient (Wildman–Crippen LogP) is 3.16. The number of pyridine rings is 1. The van der Waals surface area contributed by atoms with Crippen molar-refractivity contribution in [1.29, 1.82) is 0 Å². The molecule has 2 N–H and O–H groups in total. The SMILES string of the molecule is CCc1cccc(C)c1NC(=O)c1ccnc(NC(C)=O)c1. The van der Waals surface area contributed by atoms with E-state index in [-0.39, 0.29) is 11.8 Å². The molecule has 0 spiro atoms. The smallest absolute Gasteiger partial charge is 0.255 e. The summed E-state index contributed by atoms with van der Waals surface area (Å²) in [5.74, 6) is -0.0871. The Hall–Kier alpha value is -2.69. The second-order valence-corrected chi connectivity index (χ2v) is 5.03. The molecule has 0 aliphatic rings. The number of carbonyl (C=O) groups excluding carboxylic acids is 2. The van der Waals surface area contributed by atoms with Gasteiger partial charge in [0.1, 0.15) is 5.82 Å². The van der Waals surface area contributed by atoms with Gasteiger partial charge in [-0.15, -0.1) is 0 Å². The zero-order valence-corrected chi connectivity index (χ0v) is 12.9. The van der Waals surface area contributed by atoms with Crippen LogP contribution < -0.4 is 10.6 Å². The standard InChI is InChI=1S/C17H19N3O2/c1-4-13-7-5-6-11(2)16(13)20-17(22)14-8-9-18-15(10-14)19-12(3)21/h5-10H,4H2,1-3H3,(H,20,22)(H,18,19,21). The lowest BCUT2D eigenvalue weighted by molar-refractivity contribution is -0.114. The van der Waals surface area contributed by atoms with Crippen molar-refractivity contribution < 1.29 is 9.59 Å². The first-order chi connectivity index (χ1) is 10.5. The molecule has 2 aromatic rings. The minimum absolute atomic E-state index is 0.224. The lowest BCUT2D eigenvalue weighted by atomic mass is 10.1. The van der Waals surface area contributed by atoms with E-state index >= 15 is 0 Å². The molecule has 114 valence electrons. The molecule has 0 atom stereocenters. The third-order valence-electron chi connectivity index (χ3n) is 3.30. The van der Waals surface area contributed by atoms with Gasteiger partial charge in [-0.05, 0) is 36.6 Å². The number of rotatable bonds is 4. The highest BCUT2D eigenvalue weighted by Gasteiger charge is 2.11. The highest BCUT2D eigenvalue weighted by atomic mass is 16.2. The maximum absolute atomic E-state index is 12.4. The number of benzene rings is 1. The van der Waals surface area contributed by atoms with Gasteiger partial charge in [-0.1, -0.05) is 25.1 Å². The second-order valence-electron chi connectivity index (χ2n) is 5.03. The molecule has 0 aliphatic heterocycles. The fourth-order valence-electron chi connectivity index (χ4n) is 2.21. The van der Waals surface area contributed by atoms with E-state index in [0.29, 0.717) is 11.4 Å². The number of carbonyl (C=O) groups is 2. The largest absolute Gasteiger partial charge is 0.321 e. The zero-order chi connectivity index (χ0) is 16.1. The number of aromatic nitrogens is 1. The Morgan fingerprint density at radius 3 is 2.64 bits per heavy atom. The van der Waals surface area contributed by atoms with Crippen LogP contribution in [0.3, 0.4) is 0 Å². The Bertz CT molecular complexity index is 711. The van der Waals surface area contributed by atoms with Crippen molar-refractivity contribution in [2.45, 2.75) is 27.2 Å². The molecule has 5 nitrogen and oxygen atoms in total. The fourth-order valence-corrected chi connectivity index (χ4v) is 2.21. The van der Waals surface area contributed by atoms with E-state index in [9.17, 15) is 9.59 Å². The van der Waals surface area contributed by atoms with Crippen molar-refractivity contribution in [3.63, 3.8) is 0 Å². The molecule has 1 aromatic carbocycles. The van der Waals surface area contributed by atoms with Crippen LogP contribution in [-0.4, -0.2) is 16.8 Å². The topological polar surface area (TPSA) is 71.1 Å². The Kier molecular flexibility index (Phi) is 4.88. The molecule has 1 heterocycles. The van der Waals surface area contributed by atoms with E-state index in [2.05, 4.69) is 15.6 Å². The predicted molar refractivity (Wildman–Crippen MR) is 87.1 cm³/mol. The van der Waals surface area contributed by atoms with E-state index in [1.54, 1.807) is 12.1 Å². The highest BCUT2D eigenvalue weighted by molar-refractivity contribution is 6.05. The van der Waals surface area contributed by atoms with Crippen molar-refractivity contribution in [3.05, 3.63) is 53.2 Å². The Balaban J connectivity index is 2.25. The summed E-state index contributed by atoms with van der Waals surface area (Å²) in [4.78, 5) is 27.5. The summed E-state index contributed by atoms with van der Waals surface area (Å²) in [6, 6.07) is 9.11. The molecule has 0 saturated carbocycles. The number of hydrogen-bond acceptors (Lipinski definition) is 3. The van der Waals surface area contributed by atoms with Crippen LogP contribution in [0, 0.1) is 6.92 Å². The molecule has 0 unspecified atom stereocenters. The van der Waals surface area contributed by atoms with Crippen LogP contribution in [0.4, 0.5) is 11.5 Å². The van der Waals surface area contributed by atoms with Crippen LogP contribution in [-0.2, 0) is 11.2 Å². The lowest BCUT2D eigenvalue weighted by Gasteiger charge is -2.13. The number of hydrogen-bond donors (Lipinski definition) is 2. The molecule has 0 aliphatic carbocycles. The summed E-state index contributed by atoms with van der Waals surface area (Å²) >= 11 is 0. The summed E-state index contributed by atoms with van der Waals surface area (Å²) in [6.45, 7) is 5.41. The Morgan fingerprint density at radius 1 is 1.18 bits per heavy atom. The normalized spacial score (nSPS) is 10.1. The molecule has 0 saturated heterocycles. The number of nitrogens with zero attached hydrogens (tertiary/aromatic N) is 1. The van der Waals surface area contributed by atoms with Gasteiger partial charge in [0.25, 0.3) is 5.91 Å². The Morgan fingerprint density at radius 2 is 1.95 bits per heavy atom. The first-order valence-corrected chi connectivity index (χ1v) is 7.14. The molecule has 0 radical (unpaired) electrons. The first-order valence-electron chi connectivity index (χ1n) is 7.14. The van der Waals surface area contributed by atoms with Crippen molar-refractivity contribution in [1.82, 2.24) is 4.98 Å². The van der Waals surface area contributed by atoms with Gasteiger partial charge < -0.3 is 10.6 Å². The summed E-state index contributed by atoms with van der Waals surface area (Å²) in [5, 5.41) is 5.51. The summed E-state index contributed by atoms with van der Waals surface area (Å²) in [7, 11) is 0. The van der Waals surface area contributed by atoms with Crippen LogP contribution in [0.5, 0.6) is 0 Å². The van der Waals surface area contributed by atoms with Gasteiger partial charge in [0.15, 0.2) is 0 Å². The summed E-state index contributed by atoms with van der Waals surface area (Å²) in [5.41, 5.74) is 3.39. The van der Waals surface area contributed by atoms with Gasteiger partial charge in [-0.3, -0.25) is 9.59 Å². The minimum Gasteiger partial charge on any atom is -0.321 e. The summed E-state index contributed by atoms with van der Waals surface area (Å²) in [6.07, 6.45) is 2.34. The third-order valence-corrected chi connectivity index (χ3v) is 3.30. The molecule has 1 aromatic heterocycles. The van der Waals surface area contributed by atoms with Gasteiger partial charge in [0, 0.05) is 24.4 Å². The van der Waals surface area contributed by atoms with E-state index in [0.717, 1.165) is 23.2 Å². The number of aryl methyl sites for hydroxylation is 2. The molecule has 5 heteroatoms. The molecule has 0 fully saturated rings. The maximum Gasteiger partial charge on any atom is 0.255 e. The van der Waals surface area contributed by atoms with Crippen LogP contribution in [0.15, 0.2) is 36.5 Å². The number of anilines is 2. The van der Waals surface area contributed by atoms with Crippen molar-refractivity contribution in [3.8, 4) is 0 Å². The zero-order valence-electron chi connectivity index (χ0n) is 12.9. The van der Waals surface area contributed by atoms with Crippen LogP contribution in [0.1, 0.15) is 35.3 Å². The van der Waals surface area contributed by atoms with E-state index in [4.69, 9.17) is 0 Å². The summed E-state index contributed by atoms with van der Waals surface area (Å²) < 4.78 is 0. The average molecular weight is 297 g/mol. The quantitative estimate of drug-likeness (QED) is 0.910. The van der Waals surface area contributed by atoms with Crippen LogP contribution in [0.2, 0.25) is 0 Å². The van der Waals surface area contributed by atoms with E-state index in [1.807, 2.05) is 32.0 Å². The first kappa shape index (κ1) is 15.7. The highest BCUT2D eigenvalue weighted by Crippen LogP contribution is 2.22. The molecule has 2 rings (SSSR count). The molecule has 22 heavy (non-hydrogen) atoms. The number of para-hydroxylation sites is 1. The van der Waals surface area contributed by atoms with Crippen LogP contribution >= 0.6 is 0 Å². The Labute approximate surface area is 129 Å². The van der Waals surface area contributed by atoms with Crippen molar-refractivity contribution >= 4 is 23.3 Å². The van der Waals surface area contributed by atoms with E-state index in [1.165, 1.54) is 13.1 Å². The number of nitrogens with one attached hydrogen (secondary N) is 2. The number of amides is 2. The van der Waals surface area contributed by atoms with Crippen molar-refractivity contribution in [2.75, 3.05) is 10.6 Å².